The molecule has 1 aromatic rings. The molecule has 0 aliphatic rings. The highest BCUT2D eigenvalue weighted by Gasteiger charge is 2.09. The van der Waals surface area contributed by atoms with Gasteiger partial charge in [0.2, 0.25) is 0 Å². The number of carbonyl (C=O) groups is 1. The third-order valence-corrected chi connectivity index (χ3v) is 2.73. The van der Waals surface area contributed by atoms with Crippen LogP contribution in [0.4, 0.5) is 0 Å². The number of rotatable bonds is 2. The van der Waals surface area contributed by atoms with Gasteiger partial charge in [0.25, 0.3) is 0 Å². The Bertz CT molecular complexity index is 336. The van der Waals surface area contributed by atoms with Gasteiger partial charge in [0, 0.05) is 22.7 Å². The molecule has 1 rings (SSSR count). The summed E-state index contributed by atoms with van der Waals surface area (Å²) in [5.74, 6) is -0.0748. The Morgan fingerprint density at radius 2 is 2.08 bits per heavy atom. The van der Waals surface area contributed by atoms with Crippen LogP contribution in [0.1, 0.15) is 17.3 Å². The Balaban J connectivity index is 3.19. The number of ketones is 1. The van der Waals surface area contributed by atoms with E-state index in [0.29, 0.717) is 15.5 Å². The molecule has 0 fully saturated rings. The second kappa shape index (κ2) is 4.13. The van der Waals surface area contributed by atoms with E-state index in [2.05, 4.69) is 0 Å². The molecule has 70 valence electrons. The van der Waals surface area contributed by atoms with Crippen molar-refractivity contribution in [1.82, 2.24) is 0 Å². The van der Waals surface area contributed by atoms with E-state index in [1.807, 2.05) is 0 Å². The lowest BCUT2D eigenvalue weighted by molar-refractivity contribution is 0.101. The summed E-state index contributed by atoms with van der Waals surface area (Å²) in [4.78, 5) is 11.6. The topological polar surface area (TPSA) is 40.1 Å². The van der Waals surface area contributed by atoms with Gasteiger partial charge in [0.15, 0.2) is 10.7 Å². The van der Waals surface area contributed by atoms with Crippen LogP contribution in [0.25, 0.3) is 0 Å². The Hall–Kier alpha value is -0.510. The first-order valence-electron chi connectivity index (χ1n) is 3.65. The molecule has 1 unspecified atom stereocenters. The number of hydrogen-bond acceptors (Lipinski definition) is 2. The zero-order valence-electron chi connectivity index (χ0n) is 7.33. The molecule has 1 aromatic carbocycles. The molecule has 0 heterocycles. The zero-order valence-corrected chi connectivity index (χ0v) is 8.91. The zero-order chi connectivity index (χ0) is 10.0. The fourth-order valence-corrected chi connectivity index (χ4v) is 1.82. The minimum atomic E-state index is -1.10. The first kappa shape index (κ1) is 10.6. The van der Waals surface area contributed by atoms with Crippen molar-refractivity contribution in [3.63, 3.8) is 0 Å². The molecule has 0 aliphatic heterocycles. The second-order valence-electron chi connectivity index (χ2n) is 2.69. The number of Topliss-reactive ketones (excluding diaryl/α,β-unsaturated/α-hetero) is 1. The quantitative estimate of drug-likeness (QED) is 0.562. The van der Waals surface area contributed by atoms with Crippen LogP contribution in [0, 0.1) is 0 Å². The third kappa shape index (κ3) is 2.72. The first-order chi connectivity index (χ1) is 6.00. The van der Waals surface area contributed by atoms with Gasteiger partial charge in [0.1, 0.15) is 6.26 Å². The van der Waals surface area contributed by atoms with Crippen molar-refractivity contribution in [2.45, 2.75) is 11.8 Å². The van der Waals surface area contributed by atoms with Crippen LogP contribution >= 0.6 is 11.6 Å². The molecule has 0 amide bonds. The van der Waals surface area contributed by atoms with Crippen molar-refractivity contribution in [3.8, 4) is 0 Å². The number of halogens is 1. The SMILES string of the molecule is CC(=O)c1cc(Cl)cc([S+](C)[O-])c1. The van der Waals surface area contributed by atoms with E-state index in [0.717, 1.165) is 0 Å². The number of benzene rings is 1. The molecule has 4 heteroatoms. The van der Waals surface area contributed by atoms with Gasteiger partial charge < -0.3 is 4.55 Å². The van der Waals surface area contributed by atoms with Crippen LogP contribution < -0.4 is 0 Å². The van der Waals surface area contributed by atoms with Gasteiger partial charge in [-0.3, -0.25) is 4.79 Å². The highest BCUT2D eigenvalue weighted by Crippen LogP contribution is 2.19. The maximum Gasteiger partial charge on any atom is 0.160 e. The van der Waals surface area contributed by atoms with Crippen LogP contribution in [0.5, 0.6) is 0 Å². The van der Waals surface area contributed by atoms with Crippen molar-refractivity contribution < 1.29 is 9.35 Å². The van der Waals surface area contributed by atoms with Gasteiger partial charge >= 0.3 is 0 Å². The maximum atomic E-state index is 11.1. The highest BCUT2D eigenvalue weighted by atomic mass is 35.5. The van der Waals surface area contributed by atoms with Gasteiger partial charge in [-0.25, -0.2) is 0 Å². The fourth-order valence-electron chi connectivity index (χ4n) is 0.932. The Kier molecular flexibility index (Phi) is 3.36. The minimum absolute atomic E-state index is 0.0748. The summed E-state index contributed by atoms with van der Waals surface area (Å²) < 4.78 is 11.1. The first-order valence-corrected chi connectivity index (χ1v) is 5.59. The molecule has 0 bridgehead atoms. The average Bonchev–Trinajstić information content (AvgIpc) is 2.03. The molecule has 0 aromatic heterocycles. The van der Waals surface area contributed by atoms with Gasteiger partial charge in [-0.15, -0.1) is 0 Å². The normalized spacial score (nSPS) is 12.6. The maximum absolute atomic E-state index is 11.1. The summed E-state index contributed by atoms with van der Waals surface area (Å²) >= 11 is 4.65. The average molecular weight is 217 g/mol. The fraction of sp³-hybridized carbons (Fsp3) is 0.222. The molecule has 13 heavy (non-hydrogen) atoms. The predicted octanol–water partition coefficient (Wildman–Crippen LogP) is 2.28. The van der Waals surface area contributed by atoms with E-state index in [-0.39, 0.29) is 5.78 Å². The largest absolute Gasteiger partial charge is 0.612 e. The summed E-state index contributed by atoms with van der Waals surface area (Å²) in [6, 6.07) is 4.77. The Morgan fingerprint density at radius 1 is 1.46 bits per heavy atom. The lowest BCUT2D eigenvalue weighted by Crippen LogP contribution is -2.00. The molecule has 0 spiro atoms. The van der Waals surface area contributed by atoms with Gasteiger partial charge in [0.05, 0.1) is 0 Å². The Morgan fingerprint density at radius 3 is 2.54 bits per heavy atom. The van der Waals surface area contributed by atoms with Crippen LogP contribution in [0.3, 0.4) is 0 Å². The molecule has 0 aliphatic carbocycles. The summed E-state index contributed by atoms with van der Waals surface area (Å²) in [5, 5.41) is 0.443. The van der Waals surface area contributed by atoms with E-state index in [4.69, 9.17) is 11.6 Å². The molecule has 2 nitrogen and oxygen atoms in total. The van der Waals surface area contributed by atoms with Crippen LogP contribution in [-0.4, -0.2) is 16.6 Å². The Labute approximate surface area is 85.1 Å². The van der Waals surface area contributed by atoms with Crippen molar-refractivity contribution in [2.75, 3.05) is 6.26 Å². The molecular weight excluding hydrogens is 208 g/mol. The van der Waals surface area contributed by atoms with E-state index in [1.54, 1.807) is 24.5 Å². The van der Waals surface area contributed by atoms with E-state index in [1.165, 1.54) is 6.92 Å². The van der Waals surface area contributed by atoms with Crippen LogP contribution in [0.2, 0.25) is 5.02 Å². The highest BCUT2D eigenvalue weighted by molar-refractivity contribution is 7.90. The monoisotopic (exact) mass is 216 g/mol. The molecule has 0 radical (unpaired) electrons. The summed E-state index contributed by atoms with van der Waals surface area (Å²) in [5.41, 5.74) is 0.498. The summed E-state index contributed by atoms with van der Waals surface area (Å²) in [6.07, 6.45) is 1.55. The molecule has 0 saturated carbocycles. The predicted molar refractivity (Wildman–Crippen MR) is 53.8 cm³/mol. The summed E-state index contributed by atoms with van der Waals surface area (Å²) in [6.45, 7) is 1.45. The van der Waals surface area contributed by atoms with Crippen LogP contribution in [-0.2, 0) is 11.2 Å². The molecular formula is C9H9ClO2S. The molecule has 0 saturated heterocycles. The van der Waals surface area contributed by atoms with Crippen molar-refractivity contribution in [3.05, 3.63) is 28.8 Å². The van der Waals surface area contributed by atoms with Crippen molar-refractivity contribution in [2.24, 2.45) is 0 Å². The second-order valence-corrected chi connectivity index (χ2v) is 4.50. The van der Waals surface area contributed by atoms with Crippen molar-refractivity contribution >= 4 is 28.6 Å². The van der Waals surface area contributed by atoms with E-state index < -0.39 is 11.2 Å². The van der Waals surface area contributed by atoms with E-state index in [9.17, 15) is 9.35 Å². The lowest BCUT2D eigenvalue weighted by atomic mass is 10.1. The van der Waals surface area contributed by atoms with Crippen molar-refractivity contribution in [1.29, 1.82) is 0 Å². The van der Waals surface area contributed by atoms with Gasteiger partial charge in [-0.05, 0) is 24.2 Å². The van der Waals surface area contributed by atoms with Crippen LogP contribution in [0.15, 0.2) is 23.1 Å². The third-order valence-electron chi connectivity index (χ3n) is 1.61. The molecule has 1 atom stereocenters. The number of hydrogen-bond donors (Lipinski definition) is 0. The smallest absolute Gasteiger partial charge is 0.160 e. The minimum Gasteiger partial charge on any atom is -0.612 e. The van der Waals surface area contributed by atoms with Gasteiger partial charge in [-0.1, -0.05) is 11.6 Å². The van der Waals surface area contributed by atoms with E-state index >= 15 is 0 Å². The standard InChI is InChI=1S/C9H9ClO2S/c1-6(11)7-3-8(10)5-9(4-7)13(2)12/h3-5H,1-2H3. The molecule has 0 N–H and O–H groups in total. The number of carbonyl (C=O) groups excluding carboxylic acids is 1. The van der Waals surface area contributed by atoms with Gasteiger partial charge in [-0.2, -0.15) is 0 Å². The summed E-state index contributed by atoms with van der Waals surface area (Å²) in [7, 11) is 0. The lowest BCUT2D eigenvalue weighted by Gasteiger charge is -2.05.